The summed E-state index contributed by atoms with van der Waals surface area (Å²) in [5.41, 5.74) is 0.904. The fraction of sp³-hybridized carbons (Fsp3) is 0.375. The van der Waals surface area contributed by atoms with Gasteiger partial charge in [-0.05, 0) is 12.8 Å². The molecule has 0 atom stereocenters. The number of carboxylic acids is 1. The Balaban J connectivity index is 3.28. The van der Waals surface area contributed by atoms with E-state index in [2.05, 4.69) is 13.2 Å². The van der Waals surface area contributed by atoms with Gasteiger partial charge in [0, 0.05) is 6.42 Å². The third kappa shape index (κ3) is 5.09. The highest BCUT2D eigenvalue weighted by molar-refractivity contribution is 5.66. The van der Waals surface area contributed by atoms with Crippen LogP contribution in [0.5, 0.6) is 0 Å². The highest BCUT2D eigenvalue weighted by Gasteiger charge is 1.95. The Kier molecular flexibility index (Phi) is 4.29. The van der Waals surface area contributed by atoms with Gasteiger partial charge < -0.3 is 5.11 Å². The Morgan fingerprint density at radius 3 is 2.50 bits per heavy atom. The van der Waals surface area contributed by atoms with Crippen LogP contribution >= 0.6 is 0 Å². The minimum atomic E-state index is -0.753. The van der Waals surface area contributed by atoms with Crippen LogP contribution in [0, 0.1) is 0 Å². The molecule has 0 amide bonds. The Bertz CT molecular complexity index is 147. The Morgan fingerprint density at radius 2 is 2.10 bits per heavy atom. The van der Waals surface area contributed by atoms with Crippen molar-refractivity contribution in [3.05, 3.63) is 24.8 Å². The van der Waals surface area contributed by atoms with Gasteiger partial charge in [0.1, 0.15) is 0 Å². The quantitative estimate of drug-likeness (QED) is 0.593. The normalized spacial score (nSPS) is 8.80. The van der Waals surface area contributed by atoms with Gasteiger partial charge in [-0.15, -0.1) is 0 Å². The van der Waals surface area contributed by atoms with Crippen molar-refractivity contribution in [3.63, 3.8) is 0 Å². The number of hydrogen-bond acceptors (Lipinski definition) is 1. The van der Waals surface area contributed by atoms with Crippen LogP contribution in [0.15, 0.2) is 24.8 Å². The lowest BCUT2D eigenvalue weighted by atomic mass is 10.1. The minimum Gasteiger partial charge on any atom is -0.481 e. The summed E-state index contributed by atoms with van der Waals surface area (Å²) in [6.45, 7) is 7.17. The summed E-state index contributed by atoms with van der Waals surface area (Å²) in [7, 11) is 0. The van der Waals surface area contributed by atoms with E-state index in [9.17, 15) is 4.79 Å². The summed E-state index contributed by atoms with van der Waals surface area (Å²) in [4.78, 5) is 10.0. The number of allylic oxidation sites excluding steroid dienone is 2. The lowest BCUT2D eigenvalue weighted by Gasteiger charge is -1.95. The maximum absolute atomic E-state index is 10.0. The van der Waals surface area contributed by atoms with E-state index in [1.165, 1.54) is 0 Å². The first-order valence-corrected chi connectivity index (χ1v) is 3.19. The van der Waals surface area contributed by atoms with Crippen LogP contribution in [0.2, 0.25) is 0 Å². The van der Waals surface area contributed by atoms with Crippen LogP contribution in [0.3, 0.4) is 0 Å². The highest BCUT2D eigenvalue weighted by Crippen LogP contribution is 2.04. The second-order valence-electron chi connectivity index (χ2n) is 2.11. The Hall–Kier alpha value is -1.05. The van der Waals surface area contributed by atoms with Crippen molar-refractivity contribution < 1.29 is 9.90 Å². The third-order valence-corrected chi connectivity index (χ3v) is 1.18. The van der Waals surface area contributed by atoms with Gasteiger partial charge in [0.15, 0.2) is 0 Å². The second kappa shape index (κ2) is 4.79. The van der Waals surface area contributed by atoms with Crippen molar-refractivity contribution in [2.75, 3.05) is 0 Å². The fourth-order valence-corrected chi connectivity index (χ4v) is 0.569. The lowest BCUT2D eigenvalue weighted by Crippen LogP contribution is -1.93. The predicted octanol–water partition coefficient (Wildman–Crippen LogP) is 1.98. The average Bonchev–Trinajstić information content (AvgIpc) is 1.87. The van der Waals surface area contributed by atoms with Gasteiger partial charge in [-0.3, -0.25) is 4.79 Å². The van der Waals surface area contributed by atoms with Gasteiger partial charge in [0.2, 0.25) is 0 Å². The summed E-state index contributed by atoms with van der Waals surface area (Å²) >= 11 is 0. The van der Waals surface area contributed by atoms with Crippen LogP contribution in [0.4, 0.5) is 0 Å². The van der Waals surface area contributed by atoms with E-state index >= 15 is 0 Å². The Labute approximate surface area is 60.9 Å². The molecule has 0 bridgehead atoms. The molecule has 0 rings (SSSR count). The van der Waals surface area contributed by atoms with Crippen LogP contribution in [0.1, 0.15) is 19.3 Å². The van der Waals surface area contributed by atoms with Crippen molar-refractivity contribution in [1.29, 1.82) is 0 Å². The standard InChI is InChI=1S/C8H12O2/c1-3-7(2)5-4-6-8(9)10/h3H,1-2,4-6H2,(H,9,10). The van der Waals surface area contributed by atoms with E-state index in [1.54, 1.807) is 6.08 Å². The number of carboxylic acid groups (broad SMARTS) is 1. The Morgan fingerprint density at radius 1 is 1.50 bits per heavy atom. The molecule has 0 aliphatic heterocycles. The lowest BCUT2D eigenvalue weighted by molar-refractivity contribution is -0.137. The molecule has 0 saturated heterocycles. The molecule has 2 nitrogen and oxygen atoms in total. The van der Waals surface area contributed by atoms with Gasteiger partial charge in [-0.25, -0.2) is 0 Å². The van der Waals surface area contributed by atoms with Crippen LogP contribution in [-0.2, 0) is 4.79 Å². The van der Waals surface area contributed by atoms with E-state index in [-0.39, 0.29) is 6.42 Å². The summed E-state index contributed by atoms with van der Waals surface area (Å²) < 4.78 is 0. The van der Waals surface area contributed by atoms with E-state index in [0.717, 1.165) is 12.0 Å². The van der Waals surface area contributed by atoms with Crippen molar-refractivity contribution in [3.8, 4) is 0 Å². The first kappa shape index (κ1) is 8.95. The van der Waals surface area contributed by atoms with Gasteiger partial charge in [-0.1, -0.05) is 24.8 Å². The zero-order valence-corrected chi connectivity index (χ0v) is 5.97. The van der Waals surface area contributed by atoms with E-state index in [0.29, 0.717) is 6.42 Å². The molecule has 0 fully saturated rings. The van der Waals surface area contributed by atoms with E-state index in [4.69, 9.17) is 5.11 Å². The van der Waals surface area contributed by atoms with Crippen LogP contribution < -0.4 is 0 Å². The summed E-state index contributed by atoms with van der Waals surface area (Å²) in [5, 5.41) is 8.24. The van der Waals surface area contributed by atoms with Gasteiger partial charge in [0.05, 0.1) is 0 Å². The van der Waals surface area contributed by atoms with Gasteiger partial charge in [0.25, 0.3) is 0 Å². The molecule has 56 valence electrons. The SMILES string of the molecule is C=CC(=C)CCCC(=O)O. The minimum absolute atomic E-state index is 0.215. The summed E-state index contributed by atoms with van der Waals surface area (Å²) in [5.74, 6) is -0.753. The number of aliphatic carboxylic acids is 1. The number of carbonyl (C=O) groups is 1. The first-order chi connectivity index (χ1) is 4.66. The molecule has 0 radical (unpaired) electrons. The molecule has 0 aromatic heterocycles. The van der Waals surface area contributed by atoms with E-state index < -0.39 is 5.97 Å². The summed E-state index contributed by atoms with van der Waals surface area (Å²) in [6.07, 6.45) is 3.25. The highest BCUT2D eigenvalue weighted by atomic mass is 16.4. The fourth-order valence-electron chi connectivity index (χ4n) is 0.569. The molecule has 2 heteroatoms. The van der Waals surface area contributed by atoms with Crippen molar-refractivity contribution in [1.82, 2.24) is 0 Å². The third-order valence-electron chi connectivity index (χ3n) is 1.18. The zero-order chi connectivity index (χ0) is 7.98. The number of hydrogen-bond donors (Lipinski definition) is 1. The van der Waals surface area contributed by atoms with Gasteiger partial charge >= 0.3 is 5.97 Å². The zero-order valence-electron chi connectivity index (χ0n) is 5.97. The van der Waals surface area contributed by atoms with E-state index in [1.807, 2.05) is 0 Å². The topological polar surface area (TPSA) is 37.3 Å². The van der Waals surface area contributed by atoms with Crippen molar-refractivity contribution in [2.45, 2.75) is 19.3 Å². The van der Waals surface area contributed by atoms with Crippen LogP contribution in [-0.4, -0.2) is 11.1 Å². The molecular formula is C8H12O2. The first-order valence-electron chi connectivity index (χ1n) is 3.19. The molecule has 0 aromatic carbocycles. The molecule has 10 heavy (non-hydrogen) atoms. The summed E-state index contributed by atoms with van der Waals surface area (Å²) in [6, 6.07) is 0. The maximum Gasteiger partial charge on any atom is 0.303 e. The molecule has 0 saturated carbocycles. The molecule has 0 aliphatic carbocycles. The molecule has 0 aliphatic rings. The molecule has 0 unspecified atom stereocenters. The van der Waals surface area contributed by atoms with Crippen molar-refractivity contribution >= 4 is 5.97 Å². The molecule has 1 N–H and O–H groups in total. The second-order valence-corrected chi connectivity index (χ2v) is 2.11. The number of rotatable bonds is 5. The van der Waals surface area contributed by atoms with Crippen molar-refractivity contribution in [2.24, 2.45) is 0 Å². The van der Waals surface area contributed by atoms with Gasteiger partial charge in [-0.2, -0.15) is 0 Å². The monoisotopic (exact) mass is 140 g/mol. The predicted molar refractivity (Wildman–Crippen MR) is 40.8 cm³/mol. The molecule has 0 spiro atoms. The molecule has 0 aromatic rings. The maximum atomic E-state index is 10.0. The smallest absolute Gasteiger partial charge is 0.303 e. The largest absolute Gasteiger partial charge is 0.481 e. The molecular weight excluding hydrogens is 128 g/mol. The molecule has 0 heterocycles. The average molecular weight is 140 g/mol. The van der Waals surface area contributed by atoms with Crippen LogP contribution in [0.25, 0.3) is 0 Å².